The molecule has 0 unspecified atom stereocenters. The largest absolute Gasteiger partial charge is 0.465 e. The van der Waals surface area contributed by atoms with Gasteiger partial charge in [-0.2, -0.15) is 0 Å². The molecule has 0 aliphatic rings. The van der Waals surface area contributed by atoms with Gasteiger partial charge in [-0.3, -0.25) is 4.79 Å². The Bertz CT molecular complexity index is 1050. The average molecular weight is 405 g/mol. The van der Waals surface area contributed by atoms with Crippen molar-refractivity contribution in [1.29, 1.82) is 0 Å². The van der Waals surface area contributed by atoms with Crippen LogP contribution in [0.4, 0.5) is 5.69 Å². The fourth-order valence-corrected chi connectivity index (χ4v) is 2.59. The number of nitrogens with one attached hydrogen (secondary N) is 1. The summed E-state index contributed by atoms with van der Waals surface area (Å²) in [4.78, 5) is 36.2. The third kappa shape index (κ3) is 5.45. The van der Waals surface area contributed by atoms with E-state index in [2.05, 4.69) is 10.1 Å². The minimum Gasteiger partial charge on any atom is -0.465 e. The molecule has 0 saturated carbocycles. The van der Waals surface area contributed by atoms with Crippen LogP contribution in [0.25, 0.3) is 0 Å². The summed E-state index contributed by atoms with van der Waals surface area (Å²) in [6.07, 6.45) is 0. The van der Waals surface area contributed by atoms with Gasteiger partial charge in [-0.05, 0) is 42.5 Å². The predicted molar refractivity (Wildman–Crippen MR) is 110 cm³/mol. The van der Waals surface area contributed by atoms with Crippen molar-refractivity contribution in [2.75, 3.05) is 19.0 Å². The van der Waals surface area contributed by atoms with E-state index < -0.39 is 24.5 Å². The number of para-hydroxylation sites is 2. The summed E-state index contributed by atoms with van der Waals surface area (Å²) in [6.45, 7) is -0.516. The Morgan fingerprint density at radius 3 is 2.27 bits per heavy atom. The van der Waals surface area contributed by atoms with Gasteiger partial charge >= 0.3 is 11.9 Å². The first-order valence-corrected chi connectivity index (χ1v) is 9.04. The standard InChI is InChI=1S/C23H19NO6/c1-28-23(27)19-12-5-6-13-20(19)24-21(25)15-29-22(26)16-8-7-11-18(14-16)30-17-9-3-2-4-10-17/h2-14H,15H2,1H3,(H,24,25). The number of ether oxygens (including phenoxy) is 3. The van der Waals surface area contributed by atoms with Crippen LogP contribution in [0.2, 0.25) is 0 Å². The molecule has 3 aromatic rings. The number of methoxy groups -OCH3 is 1. The van der Waals surface area contributed by atoms with Crippen LogP contribution in [0.5, 0.6) is 11.5 Å². The molecular weight excluding hydrogens is 386 g/mol. The van der Waals surface area contributed by atoms with E-state index in [1.165, 1.54) is 19.2 Å². The first-order chi connectivity index (χ1) is 14.6. The Morgan fingerprint density at radius 2 is 1.50 bits per heavy atom. The Kier molecular flexibility index (Phi) is 6.78. The zero-order valence-corrected chi connectivity index (χ0v) is 16.2. The third-order valence-corrected chi connectivity index (χ3v) is 3.99. The lowest BCUT2D eigenvalue weighted by molar-refractivity contribution is -0.119. The third-order valence-electron chi connectivity index (χ3n) is 3.99. The summed E-state index contributed by atoms with van der Waals surface area (Å²) >= 11 is 0. The van der Waals surface area contributed by atoms with Gasteiger partial charge in [-0.15, -0.1) is 0 Å². The SMILES string of the molecule is COC(=O)c1ccccc1NC(=O)COC(=O)c1cccc(Oc2ccccc2)c1. The molecule has 0 heterocycles. The van der Waals surface area contributed by atoms with Crippen molar-refractivity contribution < 1.29 is 28.6 Å². The highest BCUT2D eigenvalue weighted by Crippen LogP contribution is 2.22. The molecule has 3 rings (SSSR count). The number of carbonyl (C=O) groups excluding carboxylic acids is 3. The smallest absolute Gasteiger partial charge is 0.339 e. The van der Waals surface area contributed by atoms with Crippen LogP contribution in [-0.4, -0.2) is 31.6 Å². The van der Waals surface area contributed by atoms with Crippen molar-refractivity contribution in [3.8, 4) is 11.5 Å². The molecule has 1 N–H and O–H groups in total. The molecule has 152 valence electrons. The maximum absolute atomic E-state index is 12.3. The maximum atomic E-state index is 12.3. The summed E-state index contributed by atoms with van der Waals surface area (Å²) in [5.41, 5.74) is 0.709. The zero-order valence-electron chi connectivity index (χ0n) is 16.2. The van der Waals surface area contributed by atoms with Crippen LogP contribution in [0.3, 0.4) is 0 Å². The molecule has 0 aliphatic heterocycles. The highest BCUT2D eigenvalue weighted by atomic mass is 16.5. The molecule has 0 aliphatic carbocycles. The van der Waals surface area contributed by atoms with Crippen molar-refractivity contribution in [2.24, 2.45) is 0 Å². The van der Waals surface area contributed by atoms with Gasteiger partial charge in [0.05, 0.1) is 23.9 Å². The lowest BCUT2D eigenvalue weighted by atomic mass is 10.2. The molecule has 0 fully saturated rings. The fourth-order valence-electron chi connectivity index (χ4n) is 2.59. The number of anilines is 1. The quantitative estimate of drug-likeness (QED) is 0.596. The molecule has 0 atom stereocenters. The molecular formula is C23H19NO6. The average Bonchev–Trinajstić information content (AvgIpc) is 2.78. The van der Waals surface area contributed by atoms with Crippen LogP contribution in [0, 0.1) is 0 Å². The molecule has 3 aromatic carbocycles. The van der Waals surface area contributed by atoms with Gasteiger partial charge in [-0.25, -0.2) is 9.59 Å². The van der Waals surface area contributed by atoms with Crippen molar-refractivity contribution in [3.05, 3.63) is 90.0 Å². The Labute approximate surface area is 173 Å². The number of hydrogen-bond acceptors (Lipinski definition) is 6. The van der Waals surface area contributed by atoms with Gasteiger partial charge in [0.2, 0.25) is 0 Å². The molecule has 0 bridgehead atoms. The van der Waals surface area contributed by atoms with E-state index in [4.69, 9.17) is 9.47 Å². The predicted octanol–water partition coefficient (Wildman–Crippen LogP) is 4.06. The summed E-state index contributed by atoms with van der Waals surface area (Å²) in [6, 6.07) is 22.0. The number of rotatable bonds is 7. The Hall–Kier alpha value is -4.13. The van der Waals surface area contributed by atoms with Crippen LogP contribution in [-0.2, 0) is 14.3 Å². The summed E-state index contributed by atoms with van der Waals surface area (Å²) in [5.74, 6) is -0.752. The van der Waals surface area contributed by atoms with Crippen molar-refractivity contribution in [2.45, 2.75) is 0 Å². The fraction of sp³-hybridized carbons (Fsp3) is 0.0870. The lowest BCUT2D eigenvalue weighted by Gasteiger charge is -2.10. The second kappa shape index (κ2) is 9.88. The number of esters is 2. The van der Waals surface area contributed by atoms with E-state index >= 15 is 0 Å². The van der Waals surface area contributed by atoms with Gasteiger partial charge in [0.15, 0.2) is 6.61 Å². The molecule has 7 nitrogen and oxygen atoms in total. The van der Waals surface area contributed by atoms with Gasteiger partial charge < -0.3 is 19.5 Å². The molecule has 0 spiro atoms. The minimum atomic E-state index is -0.676. The molecule has 0 aromatic heterocycles. The summed E-state index contributed by atoms with van der Waals surface area (Å²) in [5, 5.41) is 2.53. The molecule has 30 heavy (non-hydrogen) atoms. The number of amides is 1. The highest BCUT2D eigenvalue weighted by molar-refractivity contribution is 6.02. The van der Waals surface area contributed by atoms with Crippen molar-refractivity contribution in [3.63, 3.8) is 0 Å². The van der Waals surface area contributed by atoms with Crippen LogP contribution >= 0.6 is 0 Å². The number of carbonyl (C=O) groups is 3. The van der Waals surface area contributed by atoms with Crippen LogP contribution < -0.4 is 10.1 Å². The number of benzene rings is 3. The van der Waals surface area contributed by atoms with E-state index in [9.17, 15) is 14.4 Å². The van der Waals surface area contributed by atoms with Crippen molar-refractivity contribution >= 4 is 23.5 Å². The van der Waals surface area contributed by atoms with E-state index in [-0.39, 0.29) is 16.8 Å². The topological polar surface area (TPSA) is 90.9 Å². The van der Waals surface area contributed by atoms with Crippen LogP contribution in [0.15, 0.2) is 78.9 Å². The molecule has 0 saturated heterocycles. The minimum absolute atomic E-state index is 0.199. The monoisotopic (exact) mass is 405 g/mol. The second-order valence-corrected chi connectivity index (χ2v) is 6.10. The molecule has 7 heteroatoms. The first kappa shape index (κ1) is 20.6. The lowest BCUT2D eigenvalue weighted by Crippen LogP contribution is -2.22. The normalized spacial score (nSPS) is 10.0. The summed E-state index contributed by atoms with van der Waals surface area (Å²) < 4.78 is 15.4. The number of hydrogen-bond donors (Lipinski definition) is 1. The van der Waals surface area contributed by atoms with E-state index in [1.807, 2.05) is 18.2 Å². The van der Waals surface area contributed by atoms with E-state index in [0.717, 1.165) is 0 Å². The van der Waals surface area contributed by atoms with E-state index in [0.29, 0.717) is 11.5 Å². The van der Waals surface area contributed by atoms with Crippen molar-refractivity contribution in [1.82, 2.24) is 0 Å². The zero-order chi connectivity index (χ0) is 21.3. The highest BCUT2D eigenvalue weighted by Gasteiger charge is 2.15. The van der Waals surface area contributed by atoms with Crippen LogP contribution in [0.1, 0.15) is 20.7 Å². The van der Waals surface area contributed by atoms with Gasteiger partial charge in [0.25, 0.3) is 5.91 Å². The summed E-state index contributed by atoms with van der Waals surface area (Å²) in [7, 11) is 1.25. The van der Waals surface area contributed by atoms with Gasteiger partial charge in [-0.1, -0.05) is 36.4 Å². The first-order valence-electron chi connectivity index (χ1n) is 9.04. The molecule has 1 amide bonds. The molecule has 0 radical (unpaired) electrons. The van der Waals surface area contributed by atoms with Gasteiger partial charge in [0.1, 0.15) is 11.5 Å². The van der Waals surface area contributed by atoms with E-state index in [1.54, 1.807) is 48.5 Å². The Morgan fingerprint density at radius 1 is 0.800 bits per heavy atom. The van der Waals surface area contributed by atoms with Gasteiger partial charge in [0, 0.05) is 0 Å². The second-order valence-electron chi connectivity index (χ2n) is 6.10. The Balaban J connectivity index is 1.59. The maximum Gasteiger partial charge on any atom is 0.339 e.